The molecule has 5 nitrogen and oxygen atoms in total. The first-order valence-electron chi connectivity index (χ1n) is 1.74. The molecule has 0 aromatic carbocycles. The monoisotopic (exact) mass is 131 g/mol. The maximum Gasteiger partial charge on any atom is 0.365 e. The summed E-state index contributed by atoms with van der Waals surface area (Å²) in [5, 5.41) is 12.8. The number of rotatable bonds is 1. The summed E-state index contributed by atoms with van der Waals surface area (Å²) >= 11 is 0. The van der Waals surface area contributed by atoms with Crippen LogP contribution < -0.4 is 0 Å². The third-order valence-corrected chi connectivity index (χ3v) is 0.257. The Bertz CT molecular complexity index is 125. The topological polar surface area (TPSA) is 87.4 Å². The van der Waals surface area contributed by atoms with Crippen molar-refractivity contribution < 1.29 is 19.7 Å². The summed E-state index contributed by atoms with van der Waals surface area (Å²) in [6.45, 7) is 3.00. The van der Waals surface area contributed by atoms with Crippen molar-refractivity contribution in [2.45, 2.75) is 0 Å². The molecule has 0 aliphatic rings. The van der Waals surface area contributed by atoms with Crippen molar-refractivity contribution in [3.8, 4) is 0 Å². The second-order valence-electron chi connectivity index (χ2n) is 0.717. The zero-order valence-corrected chi connectivity index (χ0v) is 4.46. The van der Waals surface area contributed by atoms with E-state index in [2.05, 4.69) is 11.5 Å². The predicted octanol–water partition coefficient (Wildman–Crippen LogP) is 0.0896. The van der Waals surface area contributed by atoms with Gasteiger partial charge in [-0.25, -0.2) is 15.0 Å². The van der Waals surface area contributed by atoms with Gasteiger partial charge in [-0.2, -0.15) is 5.26 Å². The summed E-state index contributed by atoms with van der Waals surface area (Å²) in [4.78, 5) is 21.1. The number of nitrogens with one attached hydrogen (secondary N) is 1. The molecule has 0 unspecified atom stereocenters. The molecule has 0 rings (SSSR count). The van der Waals surface area contributed by atoms with Gasteiger partial charge in [-0.1, -0.05) is 6.58 Å². The standard InChI is InChI=1S/C3H4O3.CHNO/c1-2-3(4)6-5;2-1-3/h2,5H,1H2;2H. The Morgan fingerprint density at radius 1 is 1.89 bits per heavy atom. The second kappa shape index (κ2) is 9.75. The van der Waals surface area contributed by atoms with Crippen LogP contribution in [0.2, 0.25) is 0 Å². The van der Waals surface area contributed by atoms with Gasteiger partial charge in [-0.15, -0.1) is 0 Å². The molecule has 0 saturated heterocycles. The number of carbonyl (C=O) groups excluding carboxylic acids is 2. The Balaban J connectivity index is 0. The van der Waals surface area contributed by atoms with Gasteiger partial charge in [0.05, 0.1) is 0 Å². The maximum absolute atomic E-state index is 9.59. The van der Waals surface area contributed by atoms with E-state index in [0.29, 0.717) is 0 Å². The van der Waals surface area contributed by atoms with Gasteiger partial charge < -0.3 is 0 Å². The van der Waals surface area contributed by atoms with Crippen LogP contribution in [0, 0.1) is 5.41 Å². The average molecular weight is 131 g/mol. The van der Waals surface area contributed by atoms with E-state index in [1.165, 1.54) is 0 Å². The molecular weight excluding hydrogens is 126 g/mol. The largest absolute Gasteiger partial charge is 0.365 e. The minimum Gasteiger partial charge on any atom is -0.296 e. The van der Waals surface area contributed by atoms with Gasteiger partial charge in [0.2, 0.25) is 6.08 Å². The van der Waals surface area contributed by atoms with Gasteiger partial charge in [0, 0.05) is 6.08 Å². The zero-order valence-electron chi connectivity index (χ0n) is 4.46. The lowest BCUT2D eigenvalue weighted by atomic mass is 10.7. The highest BCUT2D eigenvalue weighted by Crippen LogP contribution is 1.67. The normalized spacial score (nSPS) is 5.44. The summed E-state index contributed by atoms with van der Waals surface area (Å²) in [5.41, 5.74) is 0. The Kier molecular flexibility index (Phi) is 11.4. The smallest absolute Gasteiger partial charge is 0.296 e. The fourth-order valence-corrected chi connectivity index (χ4v) is 0.0373. The molecule has 0 amide bonds. The molecular formula is C4H5NO4. The van der Waals surface area contributed by atoms with Gasteiger partial charge in [0.15, 0.2) is 0 Å². The molecule has 0 bridgehead atoms. The quantitative estimate of drug-likeness (QED) is 0.173. The highest BCUT2D eigenvalue weighted by atomic mass is 17.1. The summed E-state index contributed by atoms with van der Waals surface area (Å²) in [5.74, 6) is -0.838. The van der Waals surface area contributed by atoms with Crippen LogP contribution in [0.4, 0.5) is 0 Å². The van der Waals surface area contributed by atoms with Crippen LogP contribution in [0.1, 0.15) is 0 Å². The number of carbonyl (C=O) groups is 1. The Hall–Kier alpha value is -1.45. The highest BCUT2D eigenvalue weighted by Gasteiger charge is 1.85. The Labute approximate surface area is 51.0 Å². The molecule has 0 atom stereocenters. The van der Waals surface area contributed by atoms with E-state index in [1.807, 2.05) is 0 Å². The average Bonchev–Trinajstić information content (AvgIpc) is 1.88. The summed E-state index contributed by atoms with van der Waals surface area (Å²) in [6.07, 6.45) is 1.61. The molecule has 2 N–H and O–H groups in total. The third-order valence-electron chi connectivity index (χ3n) is 0.257. The molecule has 0 heterocycles. The van der Waals surface area contributed by atoms with Crippen molar-refractivity contribution in [1.29, 1.82) is 5.41 Å². The van der Waals surface area contributed by atoms with E-state index < -0.39 is 5.97 Å². The molecule has 0 aliphatic carbocycles. The van der Waals surface area contributed by atoms with E-state index in [-0.39, 0.29) is 0 Å². The van der Waals surface area contributed by atoms with Crippen LogP contribution in [0.15, 0.2) is 12.7 Å². The van der Waals surface area contributed by atoms with Gasteiger partial charge in [-0.3, -0.25) is 4.89 Å². The molecule has 0 fully saturated rings. The van der Waals surface area contributed by atoms with Crippen molar-refractivity contribution in [1.82, 2.24) is 0 Å². The van der Waals surface area contributed by atoms with Crippen LogP contribution in [-0.4, -0.2) is 17.3 Å². The number of hydrogen-bond donors (Lipinski definition) is 2. The lowest BCUT2D eigenvalue weighted by molar-refractivity contribution is -0.228. The first kappa shape index (κ1) is 10.5. The van der Waals surface area contributed by atoms with Gasteiger partial charge >= 0.3 is 5.97 Å². The third kappa shape index (κ3) is 20.9. The first-order chi connectivity index (χ1) is 4.22. The van der Waals surface area contributed by atoms with Crippen molar-refractivity contribution >= 4 is 12.0 Å². The summed E-state index contributed by atoms with van der Waals surface area (Å²) in [7, 11) is 0. The van der Waals surface area contributed by atoms with Crippen molar-refractivity contribution in [3.63, 3.8) is 0 Å². The van der Waals surface area contributed by atoms with Crippen molar-refractivity contribution in [2.75, 3.05) is 0 Å². The maximum atomic E-state index is 9.59. The zero-order chi connectivity index (χ0) is 7.70. The van der Waals surface area contributed by atoms with Gasteiger partial charge in [-0.05, 0) is 0 Å². The SMILES string of the molecule is C=CC(=O)OO.N=C=O. The molecule has 0 aromatic rings. The fourth-order valence-electron chi connectivity index (χ4n) is 0.0373. The molecule has 50 valence electrons. The Morgan fingerprint density at radius 3 is 2.22 bits per heavy atom. The van der Waals surface area contributed by atoms with Crippen LogP contribution in [-0.2, 0) is 14.5 Å². The van der Waals surface area contributed by atoms with Crippen LogP contribution in [0.3, 0.4) is 0 Å². The van der Waals surface area contributed by atoms with E-state index in [9.17, 15) is 4.79 Å². The lowest BCUT2D eigenvalue weighted by Gasteiger charge is -1.78. The molecule has 0 radical (unpaired) electrons. The molecule has 0 aliphatic heterocycles. The van der Waals surface area contributed by atoms with Crippen molar-refractivity contribution in [2.24, 2.45) is 0 Å². The van der Waals surface area contributed by atoms with E-state index in [0.717, 1.165) is 12.2 Å². The molecule has 0 spiro atoms. The second-order valence-corrected chi connectivity index (χ2v) is 0.717. The van der Waals surface area contributed by atoms with E-state index >= 15 is 0 Å². The molecule has 9 heavy (non-hydrogen) atoms. The van der Waals surface area contributed by atoms with Crippen LogP contribution in [0.5, 0.6) is 0 Å². The highest BCUT2D eigenvalue weighted by molar-refractivity contribution is 5.80. The Morgan fingerprint density at radius 2 is 2.22 bits per heavy atom. The van der Waals surface area contributed by atoms with Crippen LogP contribution in [0.25, 0.3) is 0 Å². The molecule has 5 heteroatoms. The first-order valence-corrected chi connectivity index (χ1v) is 1.74. The number of isocyanates is 1. The number of hydrogen-bond acceptors (Lipinski definition) is 5. The summed E-state index contributed by atoms with van der Waals surface area (Å²) < 4.78 is 0. The minimum atomic E-state index is -0.838. The molecule has 0 saturated carbocycles. The fraction of sp³-hybridized carbons (Fsp3) is 0. The lowest BCUT2D eigenvalue weighted by Crippen LogP contribution is -1.92. The van der Waals surface area contributed by atoms with Gasteiger partial charge in [0.25, 0.3) is 0 Å². The van der Waals surface area contributed by atoms with Crippen molar-refractivity contribution in [3.05, 3.63) is 12.7 Å². The van der Waals surface area contributed by atoms with Crippen LogP contribution >= 0.6 is 0 Å². The van der Waals surface area contributed by atoms with E-state index in [1.54, 1.807) is 0 Å². The molecule has 0 aromatic heterocycles. The van der Waals surface area contributed by atoms with E-state index in [4.69, 9.17) is 15.5 Å². The minimum absolute atomic E-state index is 0.750. The summed E-state index contributed by atoms with van der Waals surface area (Å²) in [6, 6.07) is 0. The predicted molar refractivity (Wildman–Crippen MR) is 27.3 cm³/mol. The van der Waals surface area contributed by atoms with Gasteiger partial charge in [0.1, 0.15) is 0 Å².